The molecule has 3 aliphatic heterocycles. The Morgan fingerprint density at radius 1 is 0.632 bits per heavy atom. The van der Waals surface area contributed by atoms with Gasteiger partial charge in [-0.25, -0.2) is 28.1 Å². The molecule has 0 saturated carbocycles. The molecule has 0 aliphatic carbocycles. The molecule has 0 atom stereocenters. The number of halogens is 7. The number of nitrogens with one attached hydrogen (secondary N) is 1. The number of ether oxygens (including phenoxy) is 3. The SMILES string of the molecule is ClCCN1CCOCC1.ClCCl.Fc1ccc(-c2cn(CCN3CCOCC3)cn2)cc1.Fc1ccc(-c2cnc[nH]2)cc1.Fc1ccc(-c2ncn(CCN3CCOCC3)c2Br)cc1.[B]=NS. The molecule has 0 spiro atoms. The average molecular weight is 1080 g/mol. The molecule has 6 heterocycles. The van der Waals surface area contributed by atoms with Gasteiger partial charge < -0.3 is 28.3 Å². The Balaban J connectivity index is 0.000000198. The first kappa shape index (κ1) is 57.0. The fraction of sp³-hybridized carbons (Fsp3) is 0.413. The minimum atomic E-state index is -0.235. The number of hydrogen-bond donors (Lipinski definition) is 2. The van der Waals surface area contributed by atoms with Crippen molar-refractivity contribution >= 4 is 71.2 Å². The summed E-state index contributed by atoms with van der Waals surface area (Å²) in [6.45, 7) is 15.8. The van der Waals surface area contributed by atoms with Gasteiger partial charge in [-0.15, -0.1) is 34.8 Å². The van der Waals surface area contributed by atoms with Crippen molar-refractivity contribution in [1.82, 2.24) is 43.8 Å². The van der Waals surface area contributed by atoms with Gasteiger partial charge in [-0.2, -0.15) is 0 Å². The molecular weight excluding hydrogens is 1030 g/mol. The Bertz CT molecular complexity index is 2220. The second kappa shape index (κ2) is 33.9. The fourth-order valence-corrected chi connectivity index (χ4v) is 7.56. The number of hydrogen-bond acceptors (Lipinski definition) is 11. The van der Waals surface area contributed by atoms with E-state index in [1.807, 2.05) is 18.9 Å². The van der Waals surface area contributed by atoms with Crippen LogP contribution >= 0.6 is 63.5 Å². The van der Waals surface area contributed by atoms with Gasteiger partial charge in [0.1, 0.15) is 27.7 Å². The van der Waals surface area contributed by atoms with Gasteiger partial charge in [0, 0.05) is 95.2 Å². The summed E-state index contributed by atoms with van der Waals surface area (Å²) in [5.74, 6) is 0.0559. The number of nitrogens with zero attached hydrogens (tertiary/aromatic N) is 9. The summed E-state index contributed by atoms with van der Waals surface area (Å²) < 4.78 is 62.0. The van der Waals surface area contributed by atoms with Crippen molar-refractivity contribution in [3.8, 4) is 33.8 Å². The Hall–Kier alpha value is -3.60. The molecule has 0 bridgehead atoms. The van der Waals surface area contributed by atoms with E-state index in [4.69, 9.17) is 49.0 Å². The normalized spacial score (nSPS) is 15.0. The molecule has 6 aromatic rings. The summed E-state index contributed by atoms with van der Waals surface area (Å²) in [4.78, 5) is 22.7. The second-order valence-corrected chi connectivity index (χ2v) is 17.0. The number of thiol groups is 1. The van der Waals surface area contributed by atoms with Crippen LogP contribution in [0.25, 0.3) is 33.8 Å². The van der Waals surface area contributed by atoms with Crippen molar-refractivity contribution in [2.45, 2.75) is 13.1 Å². The molecule has 3 aromatic carbocycles. The number of morpholine rings is 3. The molecule has 3 saturated heterocycles. The van der Waals surface area contributed by atoms with Crippen LogP contribution in [0.2, 0.25) is 0 Å². The summed E-state index contributed by atoms with van der Waals surface area (Å²) >= 11 is 21.9. The Morgan fingerprint density at radius 2 is 1.07 bits per heavy atom. The van der Waals surface area contributed by atoms with Crippen LogP contribution < -0.4 is 0 Å². The maximum atomic E-state index is 13.0. The van der Waals surface area contributed by atoms with E-state index >= 15 is 0 Å². The molecule has 3 aliphatic rings. The number of H-pyrrole nitrogens is 1. The number of benzene rings is 3. The molecule has 1 radical (unpaired) electrons. The Morgan fingerprint density at radius 3 is 1.53 bits per heavy atom. The van der Waals surface area contributed by atoms with Gasteiger partial charge >= 0.3 is 24.8 Å². The van der Waals surface area contributed by atoms with Crippen LogP contribution in [0.1, 0.15) is 0 Å². The van der Waals surface area contributed by atoms with Crippen LogP contribution in [-0.2, 0) is 27.3 Å². The molecule has 22 heteroatoms. The number of aromatic amines is 1. The molecule has 0 unspecified atom stereocenters. The van der Waals surface area contributed by atoms with Crippen LogP contribution in [0.5, 0.6) is 0 Å². The van der Waals surface area contributed by atoms with Crippen molar-refractivity contribution < 1.29 is 27.4 Å². The van der Waals surface area contributed by atoms with Crippen LogP contribution in [0.15, 0.2) is 113 Å². The molecule has 13 nitrogen and oxygen atoms in total. The molecular formula is C46H57BBrCl3F3N10O3S. The van der Waals surface area contributed by atoms with Crippen molar-refractivity contribution in [3.05, 3.63) is 126 Å². The monoisotopic (exact) mass is 1080 g/mol. The zero-order valence-corrected chi connectivity index (χ0v) is 42.4. The topological polar surface area (TPSA) is 114 Å². The number of rotatable bonds is 11. The predicted molar refractivity (Wildman–Crippen MR) is 273 cm³/mol. The van der Waals surface area contributed by atoms with Crippen LogP contribution in [0, 0.1) is 17.5 Å². The van der Waals surface area contributed by atoms with Crippen molar-refractivity contribution in [2.75, 3.05) is 110 Å². The molecule has 9 rings (SSSR count). The number of aromatic nitrogens is 6. The molecule has 3 fully saturated rings. The van der Waals surface area contributed by atoms with E-state index in [0.29, 0.717) is 0 Å². The number of alkyl halides is 3. The van der Waals surface area contributed by atoms with Crippen LogP contribution in [0.4, 0.5) is 13.2 Å². The van der Waals surface area contributed by atoms with E-state index < -0.39 is 0 Å². The summed E-state index contributed by atoms with van der Waals surface area (Å²) in [5, 5.41) is 0.194. The zero-order valence-electron chi connectivity index (χ0n) is 37.7. The third kappa shape index (κ3) is 21.6. The molecule has 367 valence electrons. The third-order valence-corrected chi connectivity index (χ3v) is 11.4. The van der Waals surface area contributed by atoms with Crippen molar-refractivity contribution in [3.63, 3.8) is 0 Å². The molecule has 3 aromatic heterocycles. The quantitative estimate of drug-likeness (QED) is 0.0746. The fourth-order valence-electron chi connectivity index (χ4n) is 6.72. The summed E-state index contributed by atoms with van der Waals surface area (Å²) in [6.07, 6.45) is 8.96. The molecule has 0 amide bonds. The minimum absolute atomic E-state index is 0.194. The van der Waals surface area contributed by atoms with Gasteiger partial charge in [0.05, 0.1) is 81.5 Å². The van der Waals surface area contributed by atoms with Gasteiger partial charge in [0.2, 0.25) is 0 Å². The molecule has 1 N–H and O–H groups in total. The van der Waals surface area contributed by atoms with Crippen LogP contribution in [0.3, 0.4) is 0 Å². The first-order valence-corrected chi connectivity index (χ1v) is 24.6. The summed E-state index contributed by atoms with van der Waals surface area (Å²) in [6, 6.07) is 19.1. The summed E-state index contributed by atoms with van der Waals surface area (Å²) in [7, 11) is 4.34. The third-order valence-electron chi connectivity index (χ3n) is 10.4. The summed E-state index contributed by atoms with van der Waals surface area (Å²) in [5.41, 5.74) is 5.41. The number of imidazole rings is 3. The van der Waals surface area contributed by atoms with E-state index in [2.05, 4.69) is 84.5 Å². The van der Waals surface area contributed by atoms with E-state index in [9.17, 15) is 13.2 Å². The van der Waals surface area contributed by atoms with Gasteiger partial charge in [-0.1, -0.05) is 0 Å². The Kier molecular flexibility index (Phi) is 28.4. The Labute approximate surface area is 427 Å². The van der Waals surface area contributed by atoms with Gasteiger partial charge in [0.25, 0.3) is 0 Å². The molecule has 68 heavy (non-hydrogen) atoms. The van der Waals surface area contributed by atoms with E-state index in [1.165, 1.54) is 36.4 Å². The van der Waals surface area contributed by atoms with Gasteiger partial charge in [0.15, 0.2) is 0 Å². The average Bonchev–Trinajstić information content (AvgIpc) is 4.16. The predicted octanol–water partition coefficient (Wildman–Crippen LogP) is 9.18. The van der Waals surface area contributed by atoms with Gasteiger partial charge in [-0.05, 0) is 94.3 Å². The van der Waals surface area contributed by atoms with Crippen molar-refractivity contribution in [1.29, 1.82) is 0 Å². The zero-order chi connectivity index (χ0) is 48.8. The van der Waals surface area contributed by atoms with Crippen LogP contribution in [-0.4, -0.2) is 161 Å². The first-order chi connectivity index (χ1) is 33.2. The second-order valence-electron chi connectivity index (χ2n) is 14.8. The maximum absolute atomic E-state index is 13.0. The van der Waals surface area contributed by atoms with Gasteiger partial charge in [-0.3, -0.25) is 14.7 Å². The standard InChI is InChI=1S/C15H17BrFN3O.C15H18FN3O.C9H7FN2.C6H12ClNO.CH2Cl2.BHNS/c16-15-14(12-1-3-13(17)4-2-12)18-11-20(15)6-5-19-7-9-21-10-8-19;16-14-3-1-13(2-4-14)15-11-19(12-17-15)6-5-18-7-9-20-10-8-18;10-8-3-1-7(2-4-8)9-5-11-6-12-9;7-1-2-8-3-5-9-6-4-8;2-1-3;1-2-3/h1-4,11H,5-10H2;1-4,11-12H,5-10H2;1-6H,(H,11,12);1-6H2;1H2;3H. The van der Waals surface area contributed by atoms with E-state index in [-0.39, 0.29) is 22.8 Å². The van der Waals surface area contributed by atoms with Crippen molar-refractivity contribution in [2.24, 2.45) is 4.30 Å². The van der Waals surface area contributed by atoms with E-state index in [1.54, 1.807) is 48.9 Å². The first-order valence-electron chi connectivity index (χ1n) is 21.8. The van der Waals surface area contributed by atoms with E-state index in [0.717, 1.165) is 156 Å².